The summed E-state index contributed by atoms with van der Waals surface area (Å²) in [5, 5.41) is 0.798. The minimum Gasteiger partial charge on any atom is -0.308 e. The van der Waals surface area contributed by atoms with Crippen molar-refractivity contribution in [2.45, 2.75) is 13.1 Å². The van der Waals surface area contributed by atoms with Crippen molar-refractivity contribution in [2.75, 3.05) is 14.1 Å². The van der Waals surface area contributed by atoms with Crippen molar-refractivity contribution >= 4 is 33.1 Å². The number of aromatic nitrogens is 3. The summed E-state index contributed by atoms with van der Waals surface area (Å²) in [7, 11) is 4.03. The normalized spacial score (nSPS) is 13.4. The second-order valence-electron chi connectivity index (χ2n) is 6.01. The molecule has 1 unspecified atom stereocenters. The lowest BCUT2D eigenvalue weighted by molar-refractivity contribution is 0.249. The van der Waals surface area contributed by atoms with Crippen LogP contribution in [0.25, 0.3) is 33.1 Å². The Kier molecular flexibility index (Phi) is 3.06. The molecule has 0 aliphatic carbocycles. The topological polar surface area (TPSA) is 34.0 Å². The Balaban J connectivity index is 2.21. The lowest BCUT2D eigenvalue weighted by Gasteiger charge is -2.23. The zero-order valence-electron chi connectivity index (χ0n) is 13.3. The lowest BCUT2D eigenvalue weighted by atomic mass is 10.2. The summed E-state index contributed by atoms with van der Waals surface area (Å²) in [6.07, 6.45) is 0.0796. The lowest BCUT2D eigenvalue weighted by Crippen LogP contribution is -2.22. The molecule has 2 heterocycles. The SMILES string of the molecule is CC(N(C)C)n1c2ccc(F)cc2c2nc3ccccc3nc21. The Hall–Kier alpha value is -2.53. The van der Waals surface area contributed by atoms with Crippen molar-refractivity contribution in [1.29, 1.82) is 0 Å². The molecule has 0 saturated carbocycles. The van der Waals surface area contributed by atoms with Crippen molar-refractivity contribution in [1.82, 2.24) is 19.4 Å². The molecule has 0 spiro atoms. The molecule has 2 aromatic carbocycles. The van der Waals surface area contributed by atoms with Crippen LogP contribution in [0.2, 0.25) is 0 Å². The highest BCUT2D eigenvalue weighted by molar-refractivity contribution is 6.06. The number of hydrogen-bond acceptors (Lipinski definition) is 3. The molecular formula is C18H17FN4. The molecule has 0 aliphatic heterocycles. The van der Waals surface area contributed by atoms with Gasteiger partial charge in [-0.05, 0) is 51.4 Å². The minimum absolute atomic E-state index is 0.0796. The van der Waals surface area contributed by atoms with Gasteiger partial charge in [-0.1, -0.05) is 12.1 Å². The van der Waals surface area contributed by atoms with Crippen LogP contribution in [0.3, 0.4) is 0 Å². The Labute approximate surface area is 133 Å². The molecule has 0 bridgehead atoms. The number of benzene rings is 2. The third-order valence-electron chi connectivity index (χ3n) is 4.37. The van der Waals surface area contributed by atoms with Gasteiger partial charge < -0.3 is 4.57 Å². The third kappa shape index (κ3) is 2.08. The second-order valence-corrected chi connectivity index (χ2v) is 6.01. The molecule has 0 amide bonds. The summed E-state index contributed by atoms with van der Waals surface area (Å²) >= 11 is 0. The monoisotopic (exact) mass is 308 g/mol. The molecule has 0 fully saturated rings. The zero-order valence-corrected chi connectivity index (χ0v) is 13.3. The van der Waals surface area contributed by atoms with E-state index in [4.69, 9.17) is 9.97 Å². The fraction of sp³-hybridized carbons (Fsp3) is 0.222. The quantitative estimate of drug-likeness (QED) is 0.562. The summed E-state index contributed by atoms with van der Waals surface area (Å²) in [5.74, 6) is -0.260. The number of rotatable bonds is 2. The van der Waals surface area contributed by atoms with Gasteiger partial charge in [-0.15, -0.1) is 0 Å². The first-order valence-corrected chi connectivity index (χ1v) is 7.58. The van der Waals surface area contributed by atoms with Crippen LogP contribution in [-0.4, -0.2) is 33.5 Å². The van der Waals surface area contributed by atoms with Gasteiger partial charge in [0.25, 0.3) is 0 Å². The molecule has 4 aromatic rings. The Bertz CT molecular complexity index is 1040. The molecule has 4 rings (SSSR count). The maximum Gasteiger partial charge on any atom is 0.161 e. The summed E-state index contributed by atoms with van der Waals surface area (Å²) in [6, 6.07) is 12.6. The zero-order chi connectivity index (χ0) is 16.1. The van der Waals surface area contributed by atoms with Crippen molar-refractivity contribution < 1.29 is 4.39 Å². The summed E-state index contributed by atoms with van der Waals surface area (Å²) in [4.78, 5) is 11.6. The molecule has 0 saturated heterocycles. The molecule has 4 nitrogen and oxygen atoms in total. The predicted molar refractivity (Wildman–Crippen MR) is 90.9 cm³/mol. The highest BCUT2D eigenvalue weighted by Crippen LogP contribution is 2.31. The molecule has 0 radical (unpaired) electrons. The number of para-hydroxylation sites is 2. The van der Waals surface area contributed by atoms with Crippen molar-refractivity contribution in [3.8, 4) is 0 Å². The third-order valence-corrected chi connectivity index (χ3v) is 4.37. The van der Waals surface area contributed by atoms with Crippen LogP contribution in [-0.2, 0) is 0 Å². The van der Waals surface area contributed by atoms with Crippen LogP contribution < -0.4 is 0 Å². The maximum atomic E-state index is 13.8. The molecule has 0 N–H and O–H groups in total. The van der Waals surface area contributed by atoms with Gasteiger partial charge >= 0.3 is 0 Å². The van der Waals surface area contributed by atoms with E-state index >= 15 is 0 Å². The number of halogens is 1. The Morgan fingerprint density at radius 3 is 2.43 bits per heavy atom. The first-order valence-electron chi connectivity index (χ1n) is 7.58. The van der Waals surface area contributed by atoms with E-state index in [2.05, 4.69) is 16.4 Å². The highest BCUT2D eigenvalue weighted by atomic mass is 19.1. The standard InChI is InChI=1S/C18H17FN4/c1-11(22(2)3)23-16-9-8-12(19)10-13(16)17-18(23)21-15-7-5-4-6-14(15)20-17/h4-11H,1-3H3. The van der Waals surface area contributed by atoms with Gasteiger partial charge in [-0.3, -0.25) is 4.90 Å². The van der Waals surface area contributed by atoms with Gasteiger partial charge in [-0.25, -0.2) is 14.4 Å². The van der Waals surface area contributed by atoms with Crippen LogP contribution in [0.15, 0.2) is 42.5 Å². The van der Waals surface area contributed by atoms with Crippen LogP contribution in [0, 0.1) is 5.82 Å². The second kappa shape index (κ2) is 4.99. The summed E-state index contributed by atoms with van der Waals surface area (Å²) in [5.41, 5.74) is 4.13. The predicted octanol–water partition coefficient (Wildman–Crippen LogP) is 3.96. The number of nitrogens with zero attached hydrogens (tertiary/aromatic N) is 4. The van der Waals surface area contributed by atoms with Crippen LogP contribution in [0.5, 0.6) is 0 Å². The Morgan fingerprint density at radius 1 is 1.04 bits per heavy atom. The van der Waals surface area contributed by atoms with Gasteiger partial charge in [0.1, 0.15) is 11.3 Å². The van der Waals surface area contributed by atoms with Crippen LogP contribution in [0.1, 0.15) is 13.1 Å². The van der Waals surface area contributed by atoms with E-state index in [-0.39, 0.29) is 12.0 Å². The van der Waals surface area contributed by atoms with Crippen molar-refractivity contribution in [3.05, 3.63) is 48.3 Å². The van der Waals surface area contributed by atoms with Gasteiger partial charge in [0.05, 0.1) is 22.7 Å². The molecule has 23 heavy (non-hydrogen) atoms. The minimum atomic E-state index is -0.260. The van der Waals surface area contributed by atoms with E-state index < -0.39 is 0 Å². The average molecular weight is 308 g/mol. The smallest absolute Gasteiger partial charge is 0.161 e. The molecular weight excluding hydrogens is 291 g/mol. The van der Waals surface area contributed by atoms with E-state index in [1.54, 1.807) is 12.1 Å². The van der Waals surface area contributed by atoms with Gasteiger partial charge in [0.2, 0.25) is 0 Å². The van der Waals surface area contributed by atoms with E-state index in [9.17, 15) is 4.39 Å². The molecule has 1 atom stereocenters. The van der Waals surface area contributed by atoms with E-state index in [1.165, 1.54) is 6.07 Å². The average Bonchev–Trinajstić information content (AvgIpc) is 2.84. The van der Waals surface area contributed by atoms with E-state index in [0.29, 0.717) is 0 Å². The van der Waals surface area contributed by atoms with Gasteiger partial charge in [0.15, 0.2) is 5.65 Å². The fourth-order valence-electron chi connectivity index (χ4n) is 2.97. The van der Waals surface area contributed by atoms with E-state index in [0.717, 1.165) is 33.1 Å². The molecule has 5 heteroatoms. The van der Waals surface area contributed by atoms with Gasteiger partial charge in [-0.2, -0.15) is 0 Å². The van der Waals surface area contributed by atoms with Gasteiger partial charge in [0, 0.05) is 5.39 Å². The largest absolute Gasteiger partial charge is 0.308 e. The first kappa shape index (κ1) is 14.1. The number of fused-ring (bicyclic) bond motifs is 4. The van der Waals surface area contributed by atoms with Crippen LogP contribution >= 0.6 is 0 Å². The van der Waals surface area contributed by atoms with Crippen molar-refractivity contribution in [3.63, 3.8) is 0 Å². The Morgan fingerprint density at radius 2 is 1.74 bits per heavy atom. The summed E-state index contributed by atoms with van der Waals surface area (Å²) < 4.78 is 15.9. The maximum absolute atomic E-state index is 13.8. The van der Waals surface area contributed by atoms with E-state index in [1.807, 2.05) is 38.4 Å². The summed E-state index contributed by atoms with van der Waals surface area (Å²) in [6.45, 7) is 2.10. The molecule has 116 valence electrons. The number of hydrogen-bond donors (Lipinski definition) is 0. The fourth-order valence-corrected chi connectivity index (χ4v) is 2.97. The highest BCUT2D eigenvalue weighted by Gasteiger charge is 2.19. The first-order chi connectivity index (χ1) is 11.1. The molecule has 2 aromatic heterocycles. The molecule has 0 aliphatic rings. The van der Waals surface area contributed by atoms with Crippen molar-refractivity contribution in [2.24, 2.45) is 0 Å². The van der Waals surface area contributed by atoms with Crippen LogP contribution in [0.4, 0.5) is 4.39 Å².